The van der Waals surface area contributed by atoms with Gasteiger partial charge in [0.25, 0.3) is 6.43 Å². The molecule has 0 spiro atoms. The van der Waals surface area contributed by atoms with Gasteiger partial charge >= 0.3 is 0 Å². The van der Waals surface area contributed by atoms with Gasteiger partial charge in [-0.1, -0.05) is 0 Å². The Balaban J connectivity index is 3.43. The Morgan fingerprint density at radius 3 is 2.47 bits per heavy atom. The molecule has 15 heavy (non-hydrogen) atoms. The fourth-order valence-electron chi connectivity index (χ4n) is 1.17. The SMILES string of the molecule is CC(=O)c1cc(C(F)F)c(C=O)cc1I. The quantitative estimate of drug-likeness (QED) is 0.486. The number of benzene rings is 1. The Hall–Kier alpha value is -0.850. The predicted molar refractivity (Wildman–Crippen MR) is 59.5 cm³/mol. The molecular formula is C10H7F2IO2. The molecular weight excluding hydrogens is 317 g/mol. The van der Waals surface area contributed by atoms with E-state index in [0.29, 0.717) is 9.86 Å². The van der Waals surface area contributed by atoms with Crippen LogP contribution in [0.2, 0.25) is 0 Å². The molecule has 0 radical (unpaired) electrons. The summed E-state index contributed by atoms with van der Waals surface area (Å²) < 4.78 is 25.5. The molecule has 1 aromatic carbocycles. The molecule has 0 aliphatic carbocycles. The molecule has 0 aromatic heterocycles. The van der Waals surface area contributed by atoms with Gasteiger partial charge in [-0.05, 0) is 41.6 Å². The predicted octanol–water partition coefficient (Wildman–Crippen LogP) is 3.24. The standard InChI is InChI=1S/C10H7F2IO2/c1-5(15)7-3-8(10(11)12)6(4-14)2-9(7)13/h2-4,10H,1H3. The van der Waals surface area contributed by atoms with E-state index in [0.717, 1.165) is 6.07 Å². The van der Waals surface area contributed by atoms with Crippen molar-refractivity contribution in [3.63, 3.8) is 0 Å². The van der Waals surface area contributed by atoms with Crippen molar-refractivity contribution in [1.29, 1.82) is 0 Å². The third-order valence-electron chi connectivity index (χ3n) is 1.91. The number of hydrogen-bond acceptors (Lipinski definition) is 2. The maximum absolute atomic E-state index is 12.5. The van der Waals surface area contributed by atoms with Crippen molar-refractivity contribution < 1.29 is 18.4 Å². The Kier molecular flexibility index (Phi) is 3.90. The zero-order valence-electron chi connectivity index (χ0n) is 7.76. The summed E-state index contributed by atoms with van der Waals surface area (Å²) >= 11 is 1.84. The summed E-state index contributed by atoms with van der Waals surface area (Å²) in [5.41, 5.74) is -0.244. The molecule has 80 valence electrons. The Labute approximate surface area is 98.8 Å². The highest BCUT2D eigenvalue weighted by Gasteiger charge is 2.17. The van der Waals surface area contributed by atoms with E-state index in [1.807, 2.05) is 22.6 Å². The maximum atomic E-state index is 12.5. The number of Topliss-reactive ketones (excluding diaryl/α,β-unsaturated/α-hetero) is 1. The van der Waals surface area contributed by atoms with Crippen LogP contribution in [0.4, 0.5) is 8.78 Å². The molecule has 0 saturated carbocycles. The third kappa shape index (κ3) is 2.58. The van der Waals surface area contributed by atoms with E-state index < -0.39 is 12.0 Å². The van der Waals surface area contributed by atoms with E-state index in [2.05, 4.69) is 0 Å². The molecule has 1 aromatic rings. The molecule has 0 fully saturated rings. The molecule has 1 rings (SSSR count). The minimum absolute atomic E-state index is 0.0700. The van der Waals surface area contributed by atoms with Crippen molar-refractivity contribution in [3.05, 3.63) is 32.4 Å². The van der Waals surface area contributed by atoms with Gasteiger partial charge in [0.05, 0.1) is 0 Å². The van der Waals surface area contributed by atoms with Crippen molar-refractivity contribution in [2.45, 2.75) is 13.3 Å². The van der Waals surface area contributed by atoms with E-state index in [1.54, 1.807) is 0 Å². The van der Waals surface area contributed by atoms with Gasteiger partial charge in [0.15, 0.2) is 12.1 Å². The molecule has 0 amide bonds. The molecule has 0 unspecified atom stereocenters. The van der Waals surface area contributed by atoms with E-state index >= 15 is 0 Å². The molecule has 0 aliphatic heterocycles. The monoisotopic (exact) mass is 324 g/mol. The summed E-state index contributed by atoms with van der Waals surface area (Å²) in [5, 5.41) is 0. The summed E-state index contributed by atoms with van der Waals surface area (Å²) in [6, 6.07) is 2.38. The van der Waals surface area contributed by atoms with Crippen LogP contribution in [0.15, 0.2) is 12.1 Å². The lowest BCUT2D eigenvalue weighted by Gasteiger charge is -2.07. The average molecular weight is 324 g/mol. The van der Waals surface area contributed by atoms with Gasteiger partial charge in [-0.3, -0.25) is 9.59 Å². The lowest BCUT2D eigenvalue weighted by Crippen LogP contribution is -2.02. The summed E-state index contributed by atoms with van der Waals surface area (Å²) in [6.07, 6.45) is -2.38. The first kappa shape index (κ1) is 12.2. The van der Waals surface area contributed by atoms with Gasteiger partial charge in [0, 0.05) is 20.3 Å². The number of halogens is 3. The lowest BCUT2D eigenvalue weighted by atomic mass is 10.0. The van der Waals surface area contributed by atoms with Crippen molar-refractivity contribution >= 4 is 34.7 Å². The van der Waals surface area contributed by atoms with Gasteiger partial charge in [-0.15, -0.1) is 0 Å². The van der Waals surface area contributed by atoms with Gasteiger partial charge in [0.1, 0.15) is 0 Å². The van der Waals surface area contributed by atoms with Crippen LogP contribution in [0.1, 0.15) is 39.6 Å². The number of ketones is 1. The van der Waals surface area contributed by atoms with E-state index in [-0.39, 0.29) is 16.9 Å². The van der Waals surface area contributed by atoms with Gasteiger partial charge in [-0.2, -0.15) is 0 Å². The number of alkyl halides is 2. The number of rotatable bonds is 3. The summed E-state index contributed by atoms with van der Waals surface area (Å²) in [7, 11) is 0. The Bertz CT molecular complexity index is 416. The molecule has 0 N–H and O–H groups in total. The largest absolute Gasteiger partial charge is 0.298 e. The molecule has 5 heteroatoms. The lowest BCUT2D eigenvalue weighted by molar-refractivity contribution is 0.101. The van der Waals surface area contributed by atoms with Crippen molar-refractivity contribution in [2.24, 2.45) is 0 Å². The van der Waals surface area contributed by atoms with Gasteiger partial charge in [0.2, 0.25) is 0 Å². The Morgan fingerprint density at radius 2 is 2.07 bits per heavy atom. The van der Waals surface area contributed by atoms with Gasteiger partial charge < -0.3 is 0 Å². The highest BCUT2D eigenvalue weighted by Crippen LogP contribution is 2.26. The normalized spacial score (nSPS) is 10.5. The summed E-state index contributed by atoms with van der Waals surface area (Å²) in [6.45, 7) is 1.30. The topological polar surface area (TPSA) is 34.1 Å². The minimum Gasteiger partial charge on any atom is -0.298 e. The third-order valence-corrected chi connectivity index (χ3v) is 2.81. The minimum atomic E-state index is -2.75. The van der Waals surface area contributed by atoms with E-state index in [1.165, 1.54) is 13.0 Å². The van der Waals surface area contributed by atoms with Crippen molar-refractivity contribution in [2.75, 3.05) is 0 Å². The fourth-order valence-corrected chi connectivity index (χ4v) is 2.04. The molecule has 0 heterocycles. The number of hydrogen-bond donors (Lipinski definition) is 0. The van der Waals surface area contributed by atoms with E-state index in [9.17, 15) is 18.4 Å². The van der Waals surface area contributed by atoms with Crippen LogP contribution in [0, 0.1) is 3.57 Å². The second-order valence-electron chi connectivity index (χ2n) is 2.94. The molecule has 2 nitrogen and oxygen atoms in total. The molecule has 0 aliphatic rings. The number of aldehydes is 1. The van der Waals surface area contributed by atoms with Crippen molar-refractivity contribution in [3.8, 4) is 0 Å². The van der Waals surface area contributed by atoms with Crippen molar-refractivity contribution in [1.82, 2.24) is 0 Å². The highest BCUT2D eigenvalue weighted by atomic mass is 127. The van der Waals surface area contributed by atoms with Crippen LogP contribution < -0.4 is 0 Å². The zero-order valence-corrected chi connectivity index (χ0v) is 9.92. The van der Waals surface area contributed by atoms with Gasteiger partial charge in [-0.25, -0.2) is 8.78 Å². The van der Waals surface area contributed by atoms with E-state index in [4.69, 9.17) is 0 Å². The van der Waals surface area contributed by atoms with Crippen LogP contribution >= 0.6 is 22.6 Å². The second-order valence-corrected chi connectivity index (χ2v) is 4.10. The second kappa shape index (κ2) is 4.78. The maximum Gasteiger partial charge on any atom is 0.264 e. The fraction of sp³-hybridized carbons (Fsp3) is 0.200. The van der Waals surface area contributed by atoms with Crippen LogP contribution in [-0.4, -0.2) is 12.1 Å². The van der Waals surface area contributed by atoms with Crippen LogP contribution in [-0.2, 0) is 0 Å². The zero-order chi connectivity index (χ0) is 11.6. The first-order valence-corrected chi connectivity index (χ1v) is 5.13. The average Bonchev–Trinajstić information content (AvgIpc) is 2.16. The number of carbonyl (C=O) groups is 2. The molecule has 0 atom stereocenters. The highest BCUT2D eigenvalue weighted by molar-refractivity contribution is 14.1. The summed E-state index contributed by atoms with van der Waals surface area (Å²) in [5.74, 6) is -0.293. The number of carbonyl (C=O) groups excluding carboxylic acids is 2. The first-order chi connectivity index (χ1) is 6.97. The molecule has 0 saturated heterocycles. The van der Waals surface area contributed by atoms with Crippen LogP contribution in [0.5, 0.6) is 0 Å². The summed E-state index contributed by atoms with van der Waals surface area (Å²) in [4.78, 5) is 21.6. The van der Waals surface area contributed by atoms with Crippen LogP contribution in [0.3, 0.4) is 0 Å². The molecule has 0 bridgehead atoms. The first-order valence-electron chi connectivity index (χ1n) is 4.05. The smallest absolute Gasteiger partial charge is 0.264 e. The van der Waals surface area contributed by atoms with Crippen LogP contribution in [0.25, 0.3) is 0 Å². The Morgan fingerprint density at radius 1 is 1.47 bits per heavy atom.